The molecule has 0 aromatic carbocycles. The Morgan fingerprint density at radius 2 is 2.13 bits per heavy atom. The summed E-state index contributed by atoms with van der Waals surface area (Å²) in [6, 6.07) is 0. The van der Waals surface area contributed by atoms with Crippen LogP contribution in [0.4, 0.5) is 0 Å². The third kappa shape index (κ3) is 5.50. The van der Waals surface area contributed by atoms with E-state index in [1.165, 1.54) is 5.01 Å². The predicted molar refractivity (Wildman–Crippen MR) is 132 cm³/mol. The summed E-state index contributed by atoms with van der Waals surface area (Å²) in [6.45, 7) is 16.2. The van der Waals surface area contributed by atoms with E-state index >= 15 is 0 Å². The van der Waals surface area contributed by atoms with Crippen molar-refractivity contribution in [1.29, 1.82) is 0 Å². The third-order valence-electron chi connectivity index (χ3n) is 5.77. The summed E-state index contributed by atoms with van der Waals surface area (Å²) in [7, 11) is 2.18. The van der Waals surface area contributed by atoms with E-state index in [9.17, 15) is 0 Å². The lowest BCUT2D eigenvalue weighted by molar-refractivity contribution is 0.136. The summed E-state index contributed by atoms with van der Waals surface area (Å²) in [6.07, 6.45) is 13.6. The molecular weight excluding hydrogens is 404 g/mol. The van der Waals surface area contributed by atoms with Gasteiger partial charge in [-0.25, -0.2) is 4.98 Å². The van der Waals surface area contributed by atoms with Crippen molar-refractivity contribution in [2.24, 2.45) is 10.7 Å². The maximum atomic E-state index is 6.23. The molecule has 166 valence electrons. The van der Waals surface area contributed by atoms with Gasteiger partial charge in [0.15, 0.2) is 5.60 Å². The van der Waals surface area contributed by atoms with Gasteiger partial charge in [-0.05, 0) is 59.8 Å². The molecule has 0 saturated carbocycles. The van der Waals surface area contributed by atoms with E-state index in [0.29, 0.717) is 11.7 Å². The highest BCUT2D eigenvalue weighted by Gasteiger charge is 2.48. The first-order valence-electron chi connectivity index (χ1n) is 10.8. The van der Waals surface area contributed by atoms with E-state index in [4.69, 9.17) is 15.5 Å². The summed E-state index contributed by atoms with van der Waals surface area (Å²) in [4.78, 5) is 12.6. The van der Waals surface area contributed by atoms with Gasteiger partial charge in [0, 0.05) is 35.0 Å². The minimum absolute atomic E-state index is 0.282. The van der Waals surface area contributed by atoms with Crippen molar-refractivity contribution >= 4 is 23.1 Å². The lowest BCUT2D eigenvalue weighted by Gasteiger charge is -2.27. The number of hydrogen-bond donors (Lipinski definition) is 1. The van der Waals surface area contributed by atoms with Gasteiger partial charge in [0.05, 0.1) is 16.1 Å². The Kier molecular flexibility index (Phi) is 7.46. The van der Waals surface area contributed by atoms with Gasteiger partial charge in [-0.15, -0.1) is 11.3 Å². The van der Waals surface area contributed by atoms with Gasteiger partial charge in [0.2, 0.25) is 0 Å². The Hall–Kier alpha value is -2.28. The van der Waals surface area contributed by atoms with Gasteiger partial charge in [0.1, 0.15) is 5.76 Å². The van der Waals surface area contributed by atoms with Gasteiger partial charge in [-0.3, -0.25) is 4.99 Å². The molecule has 2 heterocycles. The van der Waals surface area contributed by atoms with E-state index in [1.807, 2.05) is 45.2 Å². The molecule has 5 nitrogen and oxygen atoms in total. The lowest BCUT2D eigenvalue weighted by atomic mass is 9.98. The highest BCUT2D eigenvalue weighted by molar-refractivity contribution is 7.13. The molecule has 0 amide bonds. The smallest absolute Gasteiger partial charge is 0.157 e. The maximum Gasteiger partial charge on any atom is 0.157 e. The number of hydrogen-bond acceptors (Lipinski definition) is 6. The van der Waals surface area contributed by atoms with Crippen molar-refractivity contribution in [2.75, 3.05) is 20.1 Å². The molecular formula is C25H34N4OS. The molecule has 0 spiro atoms. The number of nitrogens with zero attached hydrogens (tertiary/aromatic N) is 3. The molecule has 3 rings (SSSR count). The van der Waals surface area contributed by atoms with Gasteiger partial charge in [0.25, 0.3) is 0 Å². The average Bonchev–Trinajstić information content (AvgIpc) is 3.05. The zero-order valence-electron chi connectivity index (χ0n) is 19.1. The normalized spacial score (nSPS) is 24.2. The van der Waals surface area contributed by atoms with Crippen LogP contribution < -0.4 is 5.73 Å². The molecule has 1 fully saturated rings. The van der Waals surface area contributed by atoms with E-state index in [0.717, 1.165) is 47.5 Å². The number of aliphatic imine (C=N–C) groups is 1. The molecule has 6 heteroatoms. The number of nitrogens with two attached hydrogens (primary N) is 1. The van der Waals surface area contributed by atoms with Crippen molar-refractivity contribution in [3.05, 3.63) is 70.4 Å². The average molecular weight is 439 g/mol. The molecule has 1 aromatic heterocycles. The summed E-state index contributed by atoms with van der Waals surface area (Å²) >= 11 is 1.73. The number of allylic oxidation sites excluding steroid dienone is 3. The number of piperidine rings is 1. The Morgan fingerprint density at radius 3 is 2.74 bits per heavy atom. The minimum Gasteiger partial charge on any atom is -0.479 e. The van der Waals surface area contributed by atoms with Crippen LogP contribution in [0, 0.1) is 0 Å². The highest BCUT2D eigenvalue weighted by Crippen LogP contribution is 2.49. The summed E-state index contributed by atoms with van der Waals surface area (Å²) < 4.78 is 6.23. The number of thiazole rings is 1. The van der Waals surface area contributed by atoms with Gasteiger partial charge < -0.3 is 15.4 Å². The second kappa shape index (κ2) is 9.90. The number of rotatable bonds is 9. The van der Waals surface area contributed by atoms with E-state index < -0.39 is 5.60 Å². The molecule has 1 aliphatic heterocycles. The topological polar surface area (TPSA) is 63.7 Å². The molecule has 1 aromatic rings. The summed E-state index contributed by atoms with van der Waals surface area (Å²) in [5, 5.41) is 1.19. The monoisotopic (exact) mass is 438 g/mol. The van der Waals surface area contributed by atoms with Gasteiger partial charge in [-0.2, -0.15) is 0 Å². The molecule has 1 aliphatic carbocycles. The molecule has 2 N–H and O–H groups in total. The van der Waals surface area contributed by atoms with Crippen LogP contribution in [0.25, 0.3) is 5.57 Å². The zero-order chi connectivity index (χ0) is 22.6. The van der Waals surface area contributed by atoms with Crippen LogP contribution in [-0.2, 0) is 4.74 Å². The van der Waals surface area contributed by atoms with Crippen molar-refractivity contribution in [1.82, 2.24) is 9.88 Å². The number of aromatic nitrogens is 1. The fourth-order valence-corrected chi connectivity index (χ4v) is 5.00. The third-order valence-corrected chi connectivity index (χ3v) is 6.98. The predicted octanol–water partition coefficient (Wildman–Crippen LogP) is 5.07. The first-order valence-corrected chi connectivity index (χ1v) is 11.6. The largest absolute Gasteiger partial charge is 0.479 e. The van der Waals surface area contributed by atoms with Crippen LogP contribution in [0.5, 0.6) is 0 Å². The molecule has 2 aliphatic rings. The zero-order valence-corrected chi connectivity index (χ0v) is 19.9. The molecule has 0 radical (unpaired) electrons. The second-order valence-corrected chi connectivity index (χ2v) is 9.45. The fourth-order valence-electron chi connectivity index (χ4n) is 3.94. The standard InChI is InChI=1S/C25H34N4OS/c1-7-9-22-21(8-2)25(22,5)30-17(3)14-20(15-27-18(4)26)23-16-28-24(31-23)19-10-12-29(6)13-11-19/h7-9,14-16,18-19H,2-3,10-13,26H2,1,4-6H3/b9-7-,20-14+,27-15?. The van der Waals surface area contributed by atoms with Gasteiger partial charge >= 0.3 is 0 Å². The van der Waals surface area contributed by atoms with Gasteiger partial charge in [-0.1, -0.05) is 31.4 Å². The Bertz CT molecular complexity index is 944. The number of ether oxygens (including phenoxy) is 1. The molecule has 2 atom stereocenters. The van der Waals surface area contributed by atoms with E-state index in [-0.39, 0.29) is 6.17 Å². The highest BCUT2D eigenvalue weighted by atomic mass is 32.1. The second-order valence-electron chi connectivity index (χ2n) is 8.39. The first kappa shape index (κ1) is 23.4. The molecule has 0 bridgehead atoms. The molecule has 1 saturated heterocycles. The van der Waals surface area contributed by atoms with Crippen LogP contribution in [0.15, 0.2) is 65.6 Å². The Morgan fingerprint density at radius 1 is 1.42 bits per heavy atom. The Balaban J connectivity index is 1.79. The first-order chi connectivity index (χ1) is 14.8. The SMILES string of the molecule is C=CC1=C(/C=C\C)C1(C)OC(=C)/C=C(\C=NC(C)N)c1cnc(C2CCN(C)CC2)s1. The van der Waals surface area contributed by atoms with E-state index in [2.05, 4.69) is 36.2 Å². The van der Waals surface area contributed by atoms with Crippen LogP contribution >= 0.6 is 11.3 Å². The van der Waals surface area contributed by atoms with Crippen LogP contribution in [0.1, 0.15) is 49.4 Å². The summed E-state index contributed by atoms with van der Waals surface area (Å²) in [5.74, 6) is 1.09. The molecule has 31 heavy (non-hydrogen) atoms. The number of likely N-dealkylation sites (tertiary alicyclic amines) is 1. The minimum atomic E-state index is -0.474. The maximum absolute atomic E-state index is 6.23. The van der Waals surface area contributed by atoms with Crippen molar-refractivity contribution in [3.63, 3.8) is 0 Å². The summed E-state index contributed by atoms with van der Waals surface area (Å²) in [5.41, 5.74) is 8.53. The van der Waals surface area contributed by atoms with Crippen LogP contribution in [-0.4, -0.2) is 48.0 Å². The van der Waals surface area contributed by atoms with Crippen LogP contribution in [0.3, 0.4) is 0 Å². The van der Waals surface area contributed by atoms with Crippen molar-refractivity contribution < 1.29 is 4.74 Å². The quantitative estimate of drug-likeness (QED) is 0.332. The van der Waals surface area contributed by atoms with Crippen molar-refractivity contribution in [2.45, 2.75) is 51.3 Å². The molecule has 2 unspecified atom stereocenters. The fraction of sp³-hybridized carbons (Fsp3) is 0.440. The lowest BCUT2D eigenvalue weighted by Crippen LogP contribution is -2.29. The van der Waals surface area contributed by atoms with E-state index in [1.54, 1.807) is 17.6 Å². The van der Waals surface area contributed by atoms with Crippen LogP contribution in [0.2, 0.25) is 0 Å². The Labute approximate surface area is 190 Å². The van der Waals surface area contributed by atoms with Crippen molar-refractivity contribution in [3.8, 4) is 0 Å².